The number of benzene rings is 1. The molecule has 0 fully saturated rings. The Morgan fingerprint density at radius 3 is 2.96 bits per heavy atom. The predicted molar refractivity (Wildman–Crippen MR) is 90.2 cm³/mol. The number of carbonyl (C=O) groups excluding carboxylic acids is 1. The maximum absolute atomic E-state index is 12.2. The Hall–Kier alpha value is -1.99. The van der Waals surface area contributed by atoms with E-state index in [1.807, 2.05) is 38.1 Å². The summed E-state index contributed by atoms with van der Waals surface area (Å²) in [6.45, 7) is 4.55. The third kappa shape index (κ3) is 3.51. The molecule has 0 aliphatic rings. The van der Waals surface area contributed by atoms with Crippen LogP contribution in [0.3, 0.4) is 0 Å². The summed E-state index contributed by atoms with van der Waals surface area (Å²) >= 11 is 7.18. The number of fused-ring (bicyclic) bond motifs is 1. The molecule has 0 radical (unpaired) electrons. The van der Waals surface area contributed by atoms with Gasteiger partial charge in [-0.1, -0.05) is 48.9 Å². The monoisotopic (exact) mass is 349 g/mol. The number of halogens is 1. The van der Waals surface area contributed by atoms with Crippen molar-refractivity contribution in [3.63, 3.8) is 0 Å². The molecule has 2 aromatic heterocycles. The van der Waals surface area contributed by atoms with Gasteiger partial charge >= 0.3 is 0 Å². The Kier molecular flexibility index (Phi) is 4.58. The summed E-state index contributed by atoms with van der Waals surface area (Å²) in [5.41, 5.74) is 1.08. The summed E-state index contributed by atoms with van der Waals surface area (Å²) in [4.78, 5) is 12.8. The normalized spacial score (nSPS) is 11.3. The van der Waals surface area contributed by atoms with Crippen LogP contribution in [0, 0.1) is 0 Å². The molecule has 0 atom stereocenters. The molecule has 0 saturated heterocycles. The fourth-order valence-electron chi connectivity index (χ4n) is 2.17. The summed E-state index contributed by atoms with van der Waals surface area (Å²) in [5, 5.41) is 16.4. The zero-order valence-corrected chi connectivity index (χ0v) is 14.4. The Bertz CT molecular complexity index is 841. The zero-order chi connectivity index (χ0) is 16.4. The lowest BCUT2D eigenvalue weighted by molar-refractivity contribution is 0.0952. The molecule has 0 aliphatic carbocycles. The van der Waals surface area contributed by atoms with Gasteiger partial charge in [0, 0.05) is 17.5 Å². The number of hydrogen-bond acceptors (Lipinski definition) is 5. The van der Waals surface area contributed by atoms with Crippen molar-refractivity contribution >= 4 is 33.8 Å². The lowest BCUT2D eigenvalue weighted by Gasteiger charge is -2.03. The summed E-state index contributed by atoms with van der Waals surface area (Å²) < 4.78 is 1.64. The molecular weight excluding hydrogens is 334 g/mol. The summed E-state index contributed by atoms with van der Waals surface area (Å²) in [6.07, 6.45) is 0.716. The van der Waals surface area contributed by atoms with E-state index in [2.05, 4.69) is 20.6 Å². The molecule has 120 valence electrons. The van der Waals surface area contributed by atoms with Gasteiger partial charge in [-0.2, -0.15) is 4.52 Å². The van der Waals surface area contributed by atoms with Crippen LogP contribution in [0.5, 0.6) is 0 Å². The second-order valence-corrected chi connectivity index (χ2v) is 6.84. The highest BCUT2D eigenvalue weighted by molar-refractivity contribution is 7.18. The van der Waals surface area contributed by atoms with E-state index in [-0.39, 0.29) is 11.8 Å². The van der Waals surface area contributed by atoms with Gasteiger partial charge in [-0.3, -0.25) is 4.79 Å². The molecular formula is C15H16ClN5OS. The van der Waals surface area contributed by atoms with Crippen molar-refractivity contribution in [1.82, 2.24) is 25.1 Å². The molecule has 0 saturated carbocycles. The van der Waals surface area contributed by atoms with Gasteiger partial charge in [0.1, 0.15) is 0 Å². The minimum atomic E-state index is -0.197. The van der Waals surface area contributed by atoms with Gasteiger partial charge < -0.3 is 5.32 Å². The van der Waals surface area contributed by atoms with E-state index in [4.69, 9.17) is 11.6 Å². The number of hydrogen-bond donors (Lipinski definition) is 1. The highest BCUT2D eigenvalue weighted by Crippen LogP contribution is 2.18. The van der Waals surface area contributed by atoms with Crippen molar-refractivity contribution in [3.05, 3.63) is 45.7 Å². The van der Waals surface area contributed by atoms with E-state index in [9.17, 15) is 4.79 Å². The first kappa shape index (κ1) is 15.9. The molecule has 3 aromatic rings. The molecule has 0 spiro atoms. The van der Waals surface area contributed by atoms with Crippen molar-refractivity contribution in [3.8, 4) is 0 Å². The highest BCUT2D eigenvalue weighted by atomic mass is 35.5. The Labute approximate surface area is 142 Å². The highest BCUT2D eigenvalue weighted by Gasteiger charge is 2.17. The third-order valence-electron chi connectivity index (χ3n) is 3.31. The molecule has 1 amide bonds. The number of nitrogens with zero attached hydrogens (tertiary/aromatic N) is 4. The zero-order valence-electron chi connectivity index (χ0n) is 12.8. The van der Waals surface area contributed by atoms with E-state index in [0.717, 1.165) is 11.4 Å². The smallest absolute Gasteiger partial charge is 0.282 e. The standard InChI is InChI=1S/C15H16ClN5OS/c1-9(2)12-18-19-15-21(12)20-14(23-15)13(22)17-7-6-10-4-3-5-11(16)8-10/h3-5,8-9H,6-7H2,1-2H3,(H,17,22). The number of carbonyl (C=O) groups is 1. The van der Waals surface area contributed by atoms with E-state index in [1.54, 1.807) is 4.52 Å². The average molecular weight is 350 g/mol. The van der Waals surface area contributed by atoms with Crippen LogP contribution >= 0.6 is 22.9 Å². The van der Waals surface area contributed by atoms with Crippen molar-refractivity contribution < 1.29 is 4.79 Å². The minimum absolute atomic E-state index is 0.197. The number of aromatic nitrogens is 4. The molecule has 1 aromatic carbocycles. The predicted octanol–water partition coefficient (Wildman–Crippen LogP) is 2.94. The van der Waals surface area contributed by atoms with Crippen LogP contribution in [0.15, 0.2) is 24.3 Å². The van der Waals surface area contributed by atoms with E-state index >= 15 is 0 Å². The van der Waals surface area contributed by atoms with Crippen molar-refractivity contribution in [2.75, 3.05) is 6.54 Å². The molecule has 8 heteroatoms. The van der Waals surface area contributed by atoms with Crippen LogP contribution in [-0.2, 0) is 6.42 Å². The largest absolute Gasteiger partial charge is 0.350 e. The molecule has 1 N–H and O–H groups in total. The van der Waals surface area contributed by atoms with Crippen LogP contribution in [-0.4, -0.2) is 32.3 Å². The number of nitrogens with one attached hydrogen (secondary N) is 1. The first-order valence-corrected chi connectivity index (χ1v) is 8.49. The van der Waals surface area contributed by atoms with Crippen LogP contribution in [0.4, 0.5) is 0 Å². The maximum Gasteiger partial charge on any atom is 0.282 e. The van der Waals surface area contributed by atoms with E-state index in [0.29, 0.717) is 28.0 Å². The second-order valence-electron chi connectivity index (χ2n) is 5.45. The Morgan fingerprint density at radius 2 is 2.22 bits per heavy atom. The quantitative estimate of drug-likeness (QED) is 0.768. The molecule has 0 bridgehead atoms. The van der Waals surface area contributed by atoms with Gasteiger partial charge in [-0.05, 0) is 24.1 Å². The van der Waals surface area contributed by atoms with Gasteiger partial charge in [0.15, 0.2) is 5.82 Å². The Balaban J connectivity index is 1.64. The van der Waals surface area contributed by atoms with Gasteiger partial charge in [0.2, 0.25) is 9.97 Å². The van der Waals surface area contributed by atoms with Crippen LogP contribution in [0.25, 0.3) is 4.96 Å². The molecule has 3 rings (SSSR count). The van der Waals surface area contributed by atoms with Gasteiger partial charge in [0.05, 0.1) is 0 Å². The topological polar surface area (TPSA) is 72.2 Å². The van der Waals surface area contributed by atoms with Gasteiger partial charge in [-0.25, -0.2) is 0 Å². The molecule has 0 aliphatic heterocycles. The minimum Gasteiger partial charge on any atom is -0.350 e. The van der Waals surface area contributed by atoms with E-state index in [1.165, 1.54) is 11.3 Å². The third-order valence-corrected chi connectivity index (χ3v) is 4.45. The molecule has 23 heavy (non-hydrogen) atoms. The lowest BCUT2D eigenvalue weighted by Crippen LogP contribution is -2.25. The number of amides is 1. The van der Waals surface area contributed by atoms with Gasteiger partial charge in [0.25, 0.3) is 5.91 Å². The molecule has 6 nitrogen and oxygen atoms in total. The summed E-state index contributed by atoms with van der Waals surface area (Å²) in [5.74, 6) is 0.761. The van der Waals surface area contributed by atoms with Crippen LogP contribution in [0.2, 0.25) is 5.02 Å². The molecule has 0 unspecified atom stereocenters. The molecule has 2 heterocycles. The van der Waals surface area contributed by atoms with Crippen molar-refractivity contribution in [2.24, 2.45) is 0 Å². The summed E-state index contributed by atoms with van der Waals surface area (Å²) in [7, 11) is 0. The first-order valence-electron chi connectivity index (χ1n) is 7.29. The average Bonchev–Trinajstić information content (AvgIpc) is 3.06. The van der Waals surface area contributed by atoms with E-state index < -0.39 is 0 Å². The SMILES string of the molecule is CC(C)c1nnc2sc(C(=O)NCCc3cccc(Cl)c3)nn12. The second kappa shape index (κ2) is 6.64. The first-order chi connectivity index (χ1) is 11.0. The van der Waals surface area contributed by atoms with Crippen molar-refractivity contribution in [1.29, 1.82) is 0 Å². The van der Waals surface area contributed by atoms with Crippen molar-refractivity contribution in [2.45, 2.75) is 26.2 Å². The summed E-state index contributed by atoms with van der Waals surface area (Å²) in [6, 6.07) is 7.60. The fourth-order valence-corrected chi connectivity index (χ4v) is 3.15. The van der Waals surface area contributed by atoms with Crippen LogP contribution < -0.4 is 5.32 Å². The lowest BCUT2D eigenvalue weighted by atomic mass is 10.1. The van der Waals surface area contributed by atoms with Crippen LogP contribution in [0.1, 0.15) is 41.0 Å². The van der Waals surface area contributed by atoms with Gasteiger partial charge in [-0.15, -0.1) is 15.3 Å². The maximum atomic E-state index is 12.2. The Morgan fingerprint density at radius 1 is 1.39 bits per heavy atom. The number of rotatable bonds is 5. The fraction of sp³-hybridized carbons (Fsp3) is 0.333.